The Balaban J connectivity index is 3.13. The van der Waals surface area contributed by atoms with Gasteiger partial charge in [-0.05, 0) is 11.4 Å². The molecule has 1 heterocycles. The number of nitrogens with zero attached hydrogens (tertiary/aromatic N) is 2. The van der Waals surface area contributed by atoms with Crippen LogP contribution < -0.4 is 10.7 Å². The molecule has 0 spiro atoms. The van der Waals surface area contributed by atoms with Gasteiger partial charge in [-0.3, -0.25) is 0 Å². The van der Waals surface area contributed by atoms with E-state index >= 15 is 0 Å². The Hall–Kier alpha value is -0.0600. The van der Waals surface area contributed by atoms with Gasteiger partial charge in [0.2, 0.25) is 0 Å². The quantitative estimate of drug-likeness (QED) is 0.458. The predicted molar refractivity (Wildman–Crippen MR) is 40.7 cm³/mol. The SMILES string of the molecule is Pc1ccnnc1P. The molecule has 2 unspecified atom stereocenters. The molecule has 2 atom stereocenters. The molecule has 0 saturated carbocycles. The van der Waals surface area contributed by atoms with Crippen molar-refractivity contribution >= 4 is 29.2 Å². The third-order valence-electron chi connectivity index (χ3n) is 0.782. The molecule has 0 N–H and O–H groups in total. The van der Waals surface area contributed by atoms with Gasteiger partial charge in [0.15, 0.2) is 0 Å². The van der Waals surface area contributed by atoms with Crippen molar-refractivity contribution in [2.24, 2.45) is 0 Å². The monoisotopic (exact) mass is 144 g/mol. The molecular weight excluding hydrogens is 138 g/mol. The number of hydrogen-bond acceptors (Lipinski definition) is 2. The number of rotatable bonds is 0. The van der Waals surface area contributed by atoms with Crippen LogP contribution in [0.1, 0.15) is 0 Å². The van der Waals surface area contributed by atoms with Gasteiger partial charge < -0.3 is 0 Å². The lowest BCUT2D eigenvalue weighted by Crippen LogP contribution is -2.15. The van der Waals surface area contributed by atoms with Gasteiger partial charge in [-0.25, -0.2) is 0 Å². The second-order valence-electron chi connectivity index (χ2n) is 1.37. The highest BCUT2D eigenvalue weighted by Gasteiger charge is 1.87. The second kappa shape index (κ2) is 2.48. The summed E-state index contributed by atoms with van der Waals surface area (Å²) in [5, 5.41) is 8.51. The first-order valence-electron chi connectivity index (χ1n) is 2.13. The minimum absolute atomic E-state index is 0.887. The van der Waals surface area contributed by atoms with Crippen LogP contribution in [0.5, 0.6) is 0 Å². The van der Waals surface area contributed by atoms with Crippen LogP contribution in [0, 0.1) is 0 Å². The molecule has 0 aromatic carbocycles. The molecule has 0 amide bonds. The smallest absolute Gasteiger partial charge is 0.0866 e. The summed E-state index contributed by atoms with van der Waals surface area (Å²) in [7, 11) is 5.06. The molecule has 1 rings (SSSR count). The molecule has 0 radical (unpaired) electrons. The van der Waals surface area contributed by atoms with Crippen molar-refractivity contribution in [2.75, 3.05) is 0 Å². The van der Waals surface area contributed by atoms with Gasteiger partial charge in [0.05, 0.1) is 11.6 Å². The van der Waals surface area contributed by atoms with Gasteiger partial charge in [-0.15, -0.1) is 9.24 Å². The maximum Gasteiger partial charge on any atom is 0.0866 e. The minimum atomic E-state index is 0.887. The average Bonchev–Trinajstić information content (AvgIpc) is 1.77. The lowest BCUT2D eigenvalue weighted by Gasteiger charge is -1.90. The Labute approximate surface area is 52.5 Å². The third kappa shape index (κ3) is 1.21. The van der Waals surface area contributed by atoms with E-state index < -0.39 is 0 Å². The van der Waals surface area contributed by atoms with Gasteiger partial charge in [0.1, 0.15) is 0 Å². The van der Waals surface area contributed by atoms with E-state index in [-0.39, 0.29) is 0 Å². The first-order chi connectivity index (χ1) is 3.80. The normalized spacial score (nSPS) is 9.25. The minimum Gasteiger partial charge on any atom is -0.159 e. The lowest BCUT2D eigenvalue weighted by atomic mass is 10.6. The van der Waals surface area contributed by atoms with Crippen LogP contribution in [0.25, 0.3) is 0 Å². The molecule has 0 bridgehead atoms. The topological polar surface area (TPSA) is 25.8 Å². The summed E-state index contributed by atoms with van der Waals surface area (Å²) >= 11 is 0. The van der Waals surface area contributed by atoms with Crippen molar-refractivity contribution in [3.05, 3.63) is 12.3 Å². The summed E-state index contributed by atoms with van der Waals surface area (Å²) in [6.45, 7) is 0. The lowest BCUT2D eigenvalue weighted by molar-refractivity contribution is 1.07. The van der Waals surface area contributed by atoms with Crippen LogP contribution in [0.3, 0.4) is 0 Å². The molecule has 8 heavy (non-hydrogen) atoms. The number of aromatic nitrogens is 2. The fourth-order valence-corrected chi connectivity index (χ4v) is 0.659. The van der Waals surface area contributed by atoms with Crippen molar-refractivity contribution in [1.82, 2.24) is 10.2 Å². The highest BCUT2D eigenvalue weighted by atomic mass is 31.0. The Bertz CT molecular complexity index is 168. The van der Waals surface area contributed by atoms with Gasteiger partial charge in [-0.2, -0.15) is 10.2 Å². The van der Waals surface area contributed by atoms with E-state index in [2.05, 4.69) is 28.7 Å². The van der Waals surface area contributed by atoms with E-state index in [1.54, 1.807) is 6.20 Å². The average molecular weight is 144 g/mol. The maximum absolute atomic E-state index is 3.77. The Morgan fingerprint density at radius 1 is 1.38 bits per heavy atom. The highest BCUT2D eigenvalue weighted by molar-refractivity contribution is 7.35. The number of hydrogen-bond donors (Lipinski definition) is 0. The molecular formula is C4H6N2P2. The Kier molecular flexibility index (Phi) is 1.88. The molecule has 0 aliphatic carbocycles. The zero-order valence-electron chi connectivity index (χ0n) is 4.20. The fraction of sp³-hybridized carbons (Fsp3) is 0. The summed E-state index contributed by atoms with van der Waals surface area (Å²) in [6, 6.07) is 1.89. The van der Waals surface area contributed by atoms with Crippen LogP contribution in [0.15, 0.2) is 12.3 Å². The standard InChI is InChI=1S/C4H6N2P2/c7-3-1-2-5-6-4(3)8/h1-2H,7-8H2. The summed E-state index contributed by atoms with van der Waals surface area (Å²) in [5.74, 6) is 0. The van der Waals surface area contributed by atoms with E-state index in [0.717, 1.165) is 10.7 Å². The molecule has 1 aromatic rings. The van der Waals surface area contributed by atoms with E-state index in [1.165, 1.54) is 0 Å². The summed E-state index contributed by atoms with van der Waals surface area (Å²) in [6.07, 6.45) is 1.66. The zero-order valence-corrected chi connectivity index (χ0v) is 6.51. The second-order valence-corrected chi connectivity index (χ2v) is 2.54. The van der Waals surface area contributed by atoms with Crippen LogP contribution in [0.4, 0.5) is 0 Å². The van der Waals surface area contributed by atoms with Crippen molar-refractivity contribution in [2.45, 2.75) is 0 Å². The van der Waals surface area contributed by atoms with Gasteiger partial charge in [0.25, 0.3) is 0 Å². The molecule has 2 nitrogen and oxygen atoms in total. The molecule has 0 aliphatic heterocycles. The Morgan fingerprint density at radius 2 is 2.12 bits per heavy atom. The summed E-state index contributed by atoms with van der Waals surface area (Å²) in [4.78, 5) is 0. The van der Waals surface area contributed by atoms with Crippen LogP contribution in [0.2, 0.25) is 0 Å². The molecule has 0 aliphatic rings. The van der Waals surface area contributed by atoms with Gasteiger partial charge in [0, 0.05) is 0 Å². The van der Waals surface area contributed by atoms with Crippen molar-refractivity contribution in [3.8, 4) is 0 Å². The first kappa shape index (κ1) is 6.07. The zero-order chi connectivity index (χ0) is 5.98. The molecule has 42 valence electrons. The third-order valence-corrected chi connectivity index (χ3v) is 2.05. The fourth-order valence-electron chi connectivity index (χ4n) is 0.352. The van der Waals surface area contributed by atoms with E-state index in [0.29, 0.717) is 0 Å². The van der Waals surface area contributed by atoms with Gasteiger partial charge >= 0.3 is 0 Å². The van der Waals surface area contributed by atoms with E-state index in [4.69, 9.17) is 0 Å². The maximum atomic E-state index is 3.77. The van der Waals surface area contributed by atoms with Crippen molar-refractivity contribution < 1.29 is 0 Å². The highest BCUT2D eigenvalue weighted by Crippen LogP contribution is 1.84. The van der Waals surface area contributed by atoms with Crippen LogP contribution in [-0.2, 0) is 0 Å². The molecule has 4 heteroatoms. The predicted octanol–water partition coefficient (Wildman–Crippen LogP) is -0.523. The molecule has 1 aromatic heterocycles. The van der Waals surface area contributed by atoms with E-state index in [1.807, 2.05) is 6.07 Å². The summed E-state index contributed by atoms with van der Waals surface area (Å²) in [5.41, 5.74) is 0.887. The largest absolute Gasteiger partial charge is 0.159 e. The summed E-state index contributed by atoms with van der Waals surface area (Å²) < 4.78 is 0. The van der Waals surface area contributed by atoms with Crippen LogP contribution in [-0.4, -0.2) is 10.2 Å². The van der Waals surface area contributed by atoms with Crippen molar-refractivity contribution in [1.29, 1.82) is 0 Å². The molecule has 0 saturated heterocycles. The first-order valence-corrected chi connectivity index (χ1v) is 3.29. The Morgan fingerprint density at radius 3 is 2.50 bits per heavy atom. The van der Waals surface area contributed by atoms with Crippen molar-refractivity contribution in [3.63, 3.8) is 0 Å². The van der Waals surface area contributed by atoms with Crippen LogP contribution >= 0.6 is 18.5 Å². The molecule has 0 fully saturated rings. The van der Waals surface area contributed by atoms with E-state index in [9.17, 15) is 0 Å². The van der Waals surface area contributed by atoms with Gasteiger partial charge in [-0.1, -0.05) is 9.24 Å².